The van der Waals surface area contributed by atoms with Crippen molar-refractivity contribution in [1.29, 1.82) is 0 Å². The molecule has 0 saturated carbocycles. The van der Waals surface area contributed by atoms with Gasteiger partial charge in [-0.2, -0.15) is 0 Å². The van der Waals surface area contributed by atoms with Crippen LogP contribution in [0.5, 0.6) is 0 Å². The Morgan fingerprint density at radius 2 is 2.00 bits per heavy atom. The quantitative estimate of drug-likeness (QED) is 0.716. The molecule has 3 heteroatoms. The van der Waals surface area contributed by atoms with Crippen LogP contribution in [0.1, 0.15) is 26.2 Å². The van der Waals surface area contributed by atoms with Crippen molar-refractivity contribution < 1.29 is 9.84 Å². The summed E-state index contributed by atoms with van der Waals surface area (Å²) in [5.41, 5.74) is 0. The summed E-state index contributed by atoms with van der Waals surface area (Å²) in [7, 11) is 0. The predicted octanol–water partition coefficient (Wildman–Crippen LogP) is 0.868. The molecule has 0 bridgehead atoms. The summed E-state index contributed by atoms with van der Waals surface area (Å²) in [6.07, 6.45) is 3.52. The van der Waals surface area contributed by atoms with E-state index in [9.17, 15) is 5.11 Å². The summed E-state index contributed by atoms with van der Waals surface area (Å²) in [5.74, 6) is 0.655. The number of hydrogen-bond acceptors (Lipinski definition) is 3. The summed E-state index contributed by atoms with van der Waals surface area (Å²) in [6, 6.07) is 1.06. The van der Waals surface area contributed by atoms with Crippen LogP contribution in [-0.2, 0) is 4.74 Å². The molecule has 0 amide bonds. The minimum atomic E-state index is 0.318. The second kappa shape index (κ2) is 4.60. The summed E-state index contributed by atoms with van der Waals surface area (Å²) in [5, 5.41) is 9.36. The Morgan fingerprint density at radius 3 is 2.64 bits per heavy atom. The lowest BCUT2D eigenvalue weighted by Gasteiger charge is -2.35. The van der Waals surface area contributed by atoms with E-state index in [1.807, 2.05) is 0 Å². The highest BCUT2D eigenvalue weighted by Gasteiger charge is 2.35. The molecule has 0 aromatic carbocycles. The molecule has 2 fully saturated rings. The van der Waals surface area contributed by atoms with Crippen LogP contribution in [0.15, 0.2) is 0 Å². The lowest BCUT2D eigenvalue weighted by Crippen LogP contribution is -2.45. The molecular formula is C11H21NO2. The van der Waals surface area contributed by atoms with E-state index in [1.165, 1.54) is 6.42 Å². The van der Waals surface area contributed by atoms with Gasteiger partial charge in [0.05, 0.1) is 6.61 Å². The maximum absolute atomic E-state index is 9.36. The number of hydrogen-bond donors (Lipinski definition) is 1. The van der Waals surface area contributed by atoms with Crippen LogP contribution in [0.4, 0.5) is 0 Å². The molecule has 3 nitrogen and oxygen atoms in total. The molecule has 0 aromatic heterocycles. The molecule has 2 rings (SSSR count). The van der Waals surface area contributed by atoms with E-state index < -0.39 is 0 Å². The average Bonchev–Trinajstić information content (AvgIpc) is 2.61. The van der Waals surface area contributed by atoms with Crippen LogP contribution >= 0.6 is 0 Å². The molecule has 14 heavy (non-hydrogen) atoms. The van der Waals surface area contributed by atoms with Gasteiger partial charge in [0, 0.05) is 25.3 Å². The fourth-order valence-corrected chi connectivity index (χ4v) is 2.79. The topological polar surface area (TPSA) is 32.7 Å². The molecule has 0 aliphatic carbocycles. The van der Waals surface area contributed by atoms with Crippen LogP contribution in [0.2, 0.25) is 0 Å². The summed E-state index contributed by atoms with van der Waals surface area (Å²) >= 11 is 0. The van der Waals surface area contributed by atoms with Crippen molar-refractivity contribution in [2.45, 2.75) is 38.3 Å². The molecule has 2 aliphatic heterocycles. The normalized spacial score (nSPS) is 36.4. The third kappa shape index (κ3) is 1.95. The first-order chi connectivity index (χ1) is 6.83. The number of nitrogens with zero attached hydrogens (tertiary/aromatic N) is 1. The molecule has 0 radical (unpaired) electrons. The molecule has 2 heterocycles. The van der Waals surface area contributed by atoms with Gasteiger partial charge in [-0.15, -0.1) is 0 Å². The second-order valence-electron chi connectivity index (χ2n) is 4.60. The number of ether oxygens (including phenoxy) is 1. The summed E-state index contributed by atoms with van der Waals surface area (Å²) < 4.78 is 5.37. The Morgan fingerprint density at radius 1 is 1.29 bits per heavy atom. The lowest BCUT2D eigenvalue weighted by molar-refractivity contribution is 0.0151. The van der Waals surface area contributed by atoms with Crippen LogP contribution in [0, 0.1) is 5.92 Å². The second-order valence-corrected chi connectivity index (χ2v) is 4.60. The van der Waals surface area contributed by atoms with E-state index in [2.05, 4.69) is 11.8 Å². The maximum Gasteiger partial charge on any atom is 0.0589 e. The van der Waals surface area contributed by atoms with E-state index >= 15 is 0 Å². The monoisotopic (exact) mass is 199 g/mol. The number of aliphatic hydroxyl groups is 1. The smallest absolute Gasteiger partial charge is 0.0589 e. The van der Waals surface area contributed by atoms with Gasteiger partial charge in [0.2, 0.25) is 0 Å². The van der Waals surface area contributed by atoms with Crippen LogP contribution in [0.25, 0.3) is 0 Å². The van der Waals surface area contributed by atoms with Crippen LogP contribution in [0.3, 0.4) is 0 Å². The fourth-order valence-electron chi connectivity index (χ4n) is 2.79. The summed E-state index contributed by atoms with van der Waals surface area (Å²) in [4.78, 5) is 2.51. The number of rotatable bonds is 2. The highest BCUT2D eigenvalue weighted by atomic mass is 16.5. The van der Waals surface area contributed by atoms with E-state index in [-0.39, 0.29) is 0 Å². The van der Waals surface area contributed by atoms with Gasteiger partial charge in [0.25, 0.3) is 0 Å². The van der Waals surface area contributed by atoms with E-state index in [0.29, 0.717) is 24.6 Å². The molecule has 82 valence electrons. The van der Waals surface area contributed by atoms with Gasteiger partial charge < -0.3 is 9.84 Å². The van der Waals surface area contributed by atoms with E-state index in [4.69, 9.17) is 4.74 Å². The zero-order valence-electron chi connectivity index (χ0n) is 8.98. The Kier molecular flexibility index (Phi) is 3.42. The predicted molar refractivity (Wildman–Crippen MR) is 55.2 cm³/mol. The van der Waals surface area contributed by atoms with Crippen molar-refractivity contribution in [3.05, 3.63) is 0 Å². The summed E-state index contributed by atoms with van der Waals surface area (Å²) in [6.45, 7) is 5.52. The largest absolute Gasteiger partial charge is 0.395 e. The maximum atomic E-state index is 9.36. The van der Waals surface area contributed by atoms with Gasteiger partial charge in [-0.1, -0.05) is 6.92 Å². The molecule has 2 atom stereocenters. The molecule has 0 aromatic rings. The number of likely N-dealkylation sites (tertiary alicyclic amines) is 1. The lowest BCUT2D eigenvalue weighted by atomic mass is 10.0. The highest BCUT2D eigenvalue weighted by Crippen LogP contribution is 2.28. The van der Waals surface area contributed by atoms with Gasteiger partial charge in [-0.3, -0.25) is 4.90 Å². The third-order valence-corrected chi connectivity index (χ3v) is 3.77. The van der Waals surface area contributed by atoms with Crippen molar-refractivity contribution in [2.75, 3.05) is 26.4 Å². The van der Waals surface area contributed by atoms with Crippen molar-refractivity contribution in [2.24, 2.45) is 5.92 Å². The van der Waals surface area contributed by atoms with Gasteiger partial charge in [-0.25, -0.2) is 0 Å². The molecule has 2 aliphatic rings. The SMILES string of the molecule is CC1CCN(C2CCOCC2)C1CO. The highest BCUT2D eigenvalue weighted by molar-refractivity contribution is 4.89. The Balaban J connectivity index is 1.95. The zero-order chi connectivity index (χ0) is 9.97. The molecular weight excluding hydrogens is 178 g/mol. The van der Waals surface area contributed by atoms with E-state index in [1.54, 1.807) is 0 Å². The average molecular weight is 199 g/mol. The van der Waals surface area contributed by atoms with Crippen molar-refractivity contribution in [1.82, 2.24) is 4.90 Å². The molecule has 1 N–H and O–H groups in total. The van der Waals surface area contributed by atoms with Crippen molar-refractivity contribution in [3.8, 4) is 0 Å². The Bertz CT molecular complexity index is 180. The first-order valence-corrected chi connectivity index (χ1v) is 5.77. The van der Waals surface area contributed by atoms with Gasteiger partial charge in [-0.05, 0) is 31.7 Å². The molecule has 0 spiro atoms. The van der Waals surface area contributed by atoms with Gasteiger partial charge >= 0.3 is 0 Å². The van der Waals surface area contributed by atoms with Crippen molar-refractivity contribution in [3.63, 3.8) is 0 Å². The zero-order valence-corrected chi connectivity index (χ0v) is 8.98. The third-order valence-electron chi connectivity index (χ3n) is 3.77. The van der Waals surface area contributed by atoms with Gasteiger partial charge in [0.1, 0.15) is 0 Å². The number of aliphatic hydroxyl groups excluding tert-OH is 1. The minimum absolute atomic E-state index is 0.318. The Labute approximate surface area is 86.0 Å². The molecule has 2 saturated heterocycles. The first-order valence-electron chi connectivity index (χ1n) is 5.77. The first kappa shape index (κ1) is 10.4. The van der Waals surface area contributed by atoms with Gasteiger partial charge in [0.15, 0.2) is 0 Å². The minimum Gasteiger partial charge on any atom is -0.395 e. The van der Waals surface area contributed by atoms with Crippen LogP contribution < -0.4 is 0 Å². The van der Waals surface area contributed by atoms with E-state index in [0.717, 1.165) is 32.6 Å². The van der Waals surface area contributed by atoms with Crippen molar-refractivity contribution >= 4 is 0 Å². The molecule has 2 unspecified atom stereocenters. The fraction of sp³-hybridized carbons (Fsp3) is 1.00. The Hall–Kier alpha value is -0.120. The standard InChI is InChI=1S/C11H21NO2/c1-9-2-5-12(11(9)8-13)10-3-6-14-7-4-10/h9-11,13H,2-8H2,1H3. The van der Waals surface area contributed by atoms with Crippen LogP contribution in [-0.4, -0.2) is 48.5 Å².